The molecule has 0 aromatic rings. The molecular weight excluding hydrogens is 290 g/mol. The Balaban J connectivity index is -0.000000126. The molecular formula is C6H16IN2O2P. The highest BCUT2D eigenvalue weighted by Gasteiger charge is 1.70. The first kappa shape index (κ1) is 18.3. The summed E-state index contributed by atoms with van der Waals surface area (Å²) in [5.74, 6) is 0. The summed E-state index contributed by atoms with van der Waals surface area (Å²) in [7, 11) is 2.46. The molecule has 0 bridgehead atoms. The number of hydrogen-bond acceptors (Lipinski definition) is 4. The van der Waals surface area contributed by atoms with E-state index in [9.17, 15) is 0 Å². The number of nitrogens with one attached hydrogen (secondary N) is 1. The Hall–Kier alpha value is 0.530. The van der Waals surface area contributed by atoms with Crippen LogP contribution in [0.2, 0.25) is 0 Å². The molecule has 6 heteroatoms. The van der Waals surface area contributed by atoms with Gasteiger partial charge in [0.15, 0.2) is 0 Å². The molecule has 0 aliphatic heterocycles. The Morgan fingerprint density at radius 2 is 2.25 bits per heavy atom. The summed E-state index contributed by atoms with van der Waals surface area (Å²) in [5.41, 5.74) is 0. The molecule has 12 heavy (non-hydrogen) atoms. The number of hydrogen-bond donors (Lipinski definition) is 2. The Kier molecular flexibility index (Phi) is 34.5. The van der Waals surface area contributed by atoms with Crippen LogP contribution in [-0.2, 0) is 4.52 Å². The molecule has 0 heterocycles. The smallest absolute Gasteiger partial charge is 0.100 e. The van der Waals surface area contributed by atoms with Gasteiger partial charge in [-0.25, -0.2) is 0 Å². The lowest BCUT2D eigenvalue weighted by Gasteiger charge is -1.93. The third kappa shape index (κ3) is 31.3. The summed E-state index contributed by atoms with van der Waals surface area (Å²) < 4.78 is 4.90. The van der Waals surface area contributed by atoms with E-state index in [4.69, 9.17) is 14.9 Å². The van der Waals surface area contributed by atoms with E-state index in [1.165, 1.54) is 0 Å². The second-order valence-corrected chi connectivity index (χ2v) is 2.17. The predicted molar refractivity (Wildman–Crippen MR) is 62.0 cm³/mol. The van der Waals surface area contributed by atoms with E-state index in [-0.39, 0.29) is 37.0 Å². The highest BCUT2D eigenvalue weighted by atomic mass is 127. The van der Waals surface area contributed by atoms with Crippen molar-refractivity contribution in [2.24, 2.45) is 0 Å². The normalized spacial score (nSPS) is 8.17. The van der Waals surface area contributed by atoms with Gasteiger partial charge >= 0.3 is 0 Å². The van der Waals surface area contributed by atoms with Gasteiger partial charge < -0.3 is 9.63 Å². The fourth-order valence-electron chi connectivity index (χ4n) is 0.194. The summed E-state index contributed by atoms with van der Waals surface area (Å²) in [6.45, 7) is 2.66. The van der Waals surface area contributed by atoms with Crippen molar-refractivity contribution in [3.63, 3.8) is 0 Å². The van der Waals surface area contributed by atoms with Crippen molar-refractivity contribution in [3.8, 4) is 6.07 Å². The molecule has 0 aliphatic carbocycles. The maximum absolute atomic E-state index is 7.84. The van der Waals surface area contributed by atoms with Crippen LogP contribution in [0.4, 0.5) is 0 Å². The van der Waals surface area contributed by atoms with E-state index in [0.29, 0.717) is 15.5 Å². The molecule has 4 nitrogen and oxygen atoms in total. The zero-order chi connectivity index (χ0) is 8.95. The van der Waals surface area contributed by atoms with Gasteiger partial charge in [0.2, 0.25) is 0 Å². The van der Waals surface area contributed by atoms with Gasteiger partial charge in [-0.1, -0.05) is 0 Å². The van der Waals surface area contributed by atoms with Gasteiger partial charge in [-0.05, 0) is 13.7 Å². The zero-order valence-corrected chi connectivity index (χ0v) is 10.7. The van der Waals surface area contributed by atoms with Crippen molar-refractivity contribution >= 4 is 32.8 Å². The standard InChI is InChI=1S/C3H10NOP.C3H5NO.HI/c1-4-3-5-6-2;4-2-1-3-5;/h4,6H,3H2,1-2H3;5H,1,3H2;1H. The van der Waals surface area contributed by atoms with Crippen molar-refractivity contribution in [1.82, 2.24) is 5.32 Å². The van der Waals surface area contributed by atoms with Gasteiger partial charge in [-0.15, -0.1) is 24.0 Å². The Labute approximate surface area is 92.6 Å². The van der Waals surface area contributed by atoms with Crippen molar-refractivity contribution in [3.05, 3.63) is 0 Å². The first-order valence-corrected chi connectivity index (χ1v) is 4.65. The van der Waals surface area contributed by atoms with Gasteiger partial charge in [-0.3, -0.25) is 5.32 Å². The fraction of sp³-hybridized carbons (Fsp3) is 0.833. The molecule has 0 rings (SSSR count). The minimum absolute atomic E-state index is 0. The topological polar surface area (TPSA) is 65.3 Å². The van der Waals surface area contributed by atoms with Crippen LogP contribution < -0.4 is 5.32 Å². The molecule has 0 aliphatic rings. The van der Waals surface area contributed by atoms with E-state index in [1.807, 2.05) is 13.7 Å². The predicted octanol–water partition coefficient (Wildman–Crippen LogP) is 0.914. The molecule has 0 saturated heterocycles. The molecule has 1 atom stereocenters. The van der Waals surface area contributed by atoms with Crippen LogP contribution in [-0.4, -0.2) is 32.2 Å². The average molecular weight is 306 g/mol. The van der Waals surface area contributed by atoms with Crippen LogP contribution in [0.1, 0.15) is 6.42 Å². The lowest BCUT2D eigenvalue weighted by atomic mass is 10.5. The van der Waals surface area contributed by atoms with Crippen molar-refractivity contribution < 1.29 is 9.63 Å². The van der Waals surface area contributed by atoms with Crippen LogP contribution in [0, 0.1) is 11.3 Å². The van der Waals surface area contributed by atoms with E-state index in [2.05, 4.69) is 5.32 Å². The molecule has 0 aromatic carbocycles. The molecule has 0 amide bonds. The van der Waals surface area contributed by atoms with Gasteiger partial charge in [0, 0.05) is 8.81 Å². The Morgan fingerprint density at radius 3 is 2.33 bits per heavy atom. The van der Waals surface area contributed by atoms with Crippen molar-refractivity contribution in [1.29, 1.82) is 5.26 Å². The van der Waals surface area contributed by atoms with Crippen LogP contribution in [0.15, 0.2) is 0 Å². The average Bonchev–Trinajstić information content (AvgIpc) is 2.04. The monoisotopic (exact) mass is 306 g/mol. The van der Waals surface area contributed by atoms with Crippen molar-refractivity contribution in [2.75, 3.05) is 27.1 Å². The Morgan fingerprint density at radius 1 is 1.67 bits per heavy atom. The number of aliphatic hydroxyl groups excluding tert-OH is 1. The van der Waals surface area contributed by atoms with Gasteiger partial charge in [-0.2, -0.15) is 5.26 Å². The van der Waals surface area contributed by atoms with Crippen molar-refractivity contribution in [2.45, 2.75) is 6.42 Å². The number of rotatable bonds is 4. The lowest BCUT2D eigenvalue weighted by Crippen LogP contribution is -2.06. The summed E-state index contributed by atoms with van der Waals surface area (Å²) >= 11 is 0. The molecule has 0 fully saturated rings. The molecule has 2 N–H and O–H groups in total. The third-order valence-corrected chi connectivity index (χ3v) is 1.02. The molecule has 0 spiro atoms. The number of aliphatic hydroxyl groups is 1. The van der Waals surface area contributed by atoms with E-state index in [0.717, 1.165) is 0 Å². The largest absolute Gasteiger partial charge is 0.395 e. The summed E-state index contributed by atoms with van der Waals surface area (Å²) in [4.78, 5) is 0. The Bertz CT molecular complexity index is 96.0. The highest BCUT2D eigenvalue weighted by Crippen LogP contribution is 1.99. The maximum atomic E-state index is 7.84. The van der Waals surface area contributed by atoms with Crippen LogP contribution in [0.3, 0.4) is 0 Å². The highest BCUT2D eigenvalue weighted by molar-refractivity contribution is 14.0. The third-order valence-electron chi connectivity index (χ3n) is 0.584. The molecule has 1 unspecified atom stereocenters. The molecule has 0 radical (unpaired) electrons. The van der Waals surface area contributed by atoms with E-state index in [1.54, 1.807) is 6.07 Å². The summed E-state index contributed by atoms with van der Waals surface area (Å²) in [6.07, 6.45) is 0.250. The minimum atomic E-state index is -0.0174. The van der Waals surface area contributed by atoms with Crippen LogP contribution >= 0.6 is 32.8 Å². The SMILES string of the molecule is CNCOPC.I.N#CCCO. The van der Waals surface area contributed by atoms with Gasteiger partial charge in [0.25, 0.3) is 0 Å². The first-order chi connectivity index (χ1) is 5.33. The second kappa shape index (κ2) is 22.5. The molecule has 74 valence electrons. The molecule has 0 aromatic heterocycles. The quantitative estimate of drug-likeness (QED) is 0.351. The lowest BCUT2D eigenvalue weighted by molar-refractivity contribution is 0.304. The van der Waals surface area contributed by atoms with Crippen LogP contribution in [0.25, 0.3) is 0 Å². The number of nitrogens with zero attached hydrogens (tertiary/aromatic N) is 1. The van der Waals surface area contributed by atoms with Gasteiger partial charge in [0.05, 0.1) is 19.1 Å². The van der Waals surface area contributed by atoms with Crippen LogP contribution in [0.5, 0.6) is 0 Å². The minimum Gasteiger partial charge on any atom is -0.395 e. The zero-order valence-electron chi connectivity index (χ0n) is 7.33. The first-order valence-electron chi connectivity index (χ1n) is 3.24. The van der Waals surface area contributed by atoms with E-state index < -0.39 is 0 Å². The fourth-order valence-corrected chi connectivity index (χ4v) is 0.483. The summed E-state index contributed by atoms with van der Waals surface area (Å²) in [6, 6.07) is 1.77. The second-order valence-electron chi connectivity index (χ2n) is 1.48. The van der Waals surface area contributed by atoms with E-state index >= 15 is 0 Å². The maximum Gasteiger partial charge on any atom is 0.100 e. The summed E-state index contributed by atoms with van der Waals surface area (Å²) in [5, 5.41) is 18.4. The number of halogens is 1. The van der Waals surface area contributed by atoms with Gasteiger partial charge in [0.1, 0.15) is 6.73 Å². The number of nitriles is 1. The molecule has 0 saturated carbocycles.